The number of amides is 2. The van der Waals surface area contributed by atoms with Crippen molar-refractivity contribution in [1.29, 1.82) is 0 Å². The Hall–Kier alpha value is -1.63. The van der Waals surface area contributed by atoms with Crippen LogP contribution < -0.4 is 0 Å². The van der Waals surface area contributed by atoms with E-state index in [2.05, 4.69) is 0 Å². The number of carboxylic acid groups (broad SMARTS) is 1. The third-order valence-electron chi connectivity index (χ3n) is 3.79. The van der Waals surface area contributed by atoms with Gasteiger partial charge in [-0.3, -0.25) is 9.59 Å². The smallest absolute Gasteiger partial charge is 0.326 e. The lowest BCUT2D eigenvalue weighted by Gasteiger charge is -2.29. The standard InChI is InChI=1S/C12H18N2O5/c1-7(15)14-6-8(16)5-10(14)11(17)13-4-2-3-9(13)12(18)19/h8-10,16H,2-6H2,1H3,(H,18,19)/t8?,9-,10-/m0/s1. The predicted molar refractivity (Wildman–Crippen MR) is 64.2 cm³/mol. The molecule has 0 saturated carbocycles. The van der Waals surface area contributed by atoms with Gasteiger partial charge in [-0.1, -0.05) is 0 Å². The average Bonchev–Trinajstić information content (AvgIpc) is 2.93. The monoisotopic (exact) mass is 270 g/mol. The van der Waals surface area contributed by atoms with E-state index in [1.165, 1.54) is 16.7 Å². The highest BCUT2D eigenvalue weighted by molar-refractivity contribution is 5.91. The normalized spacial score (nSPS) is 30.7. The van der Waals surface area contributed by atoms with E-state index in [0.29, 0.717) is 19.4 Å². The SMILES string of the molecule is CC(=O)N1CC(O)C[C@H]1C(=O)N1CCC[C@H]1C(=O)O. The largest absolute Gasteiger partial charge is 0.480 e. The molecule has 0 aromatic carbocycles. The molecular weight excluding hydrogens is 252 g/mol. The average molecular weight is 270 g/mol. The summed E-state index contributed by atoms with van der Waals surface area (Å²) in [7, 11) is 0. The number of carbonyl (C=O) groups is 3. The van der Waals surface area contributed by atoms with Crippen molar-refractivity contribution in [3.63, 3.8) is 0 Å². The van der Waals surface area contributed by atoms with E-state index in [4.69, 9.17) is 5.11 Å². The minimum Gasteiger partial charge on any atom is -0.480 e. The van der Waals surface area contributed by atoms with Crippen molar-refractivity contribution in [3.8, 4) is 0 Å². The predicted octanol–water partition coefficient (Wildman–Crippen LogP) is -0.956. The Morgan fingerprint density at radius 1 is 1.16 bits per heavy atom. The number of hydrogen-bond acceptors (Lipinski definition) is 4. The number of β-amino-alcohol motifs (C(OH)–C–C–N with tert-alkyl or cyclic N) is 1. The van der Waals surface area contributed by atoms with Crippen molar-refractivity contribution in [2.45, 2.75) is 44.4 Å². The van der Waals surface area contributed by atoms with Crippen LogP contribution in [0.1, 0.15) is 26.2 Å². The van der Waals surface area contributed by atoms with E-state index >= 15 is 0 Å². The summed E-state index contributed by atoms with van der Waals surface area (Å²) in [6.45, 7) is 1.88. The second-order valence-corrected chi connectivity index (χ2v) is 5.10. The Morgan fingerprint density at radius 2 is 1.84 bits per heavy atom. The van der Waals surface area contributed by atoms with Gasteiger partial charge >= 0.3 is 5.97 Å². The van der Waals surface area contributed by atoms with Gasteiger partial charge in [-0.15, -0.1) is 0 Å². The van der Waals surface area contributed by atoms with Crippen LogP contribution in [0.2, 0.25) is 0 Å². The van der Waals surface area contributed by atoms with Gasteiger partial charge in [0.1, 0.15) is 12.1 Å². The van der Waals surface area contributed by atoms with Crippen LogP contribution in [0.5, 0.6) is 0 Å². The van der Waals surface area contributed by atoms with Crippen molar-refractivity contribution in [2.24, 2.45) is 0 Å². The summed E-state index contributed by atoms with van der Waals surface area (Å²) in [5.74, 6) is -1.66. The number of carbonyl (C=O) groups excluding carboxylic acids is 2. The highest BCUT2D eigenvalue weighted by Crippen LogP contribution is 2.25. The van der Waals surface area contributed by atoms with Gasteiger partial charge in [-0.2, -0.15) is 0 Å². The first-order valence-electron chi connectivity index (χ1n) is 6.40. The molecule has 2 heterocycles. The van der Waals surface area contributed by atoms with Gasteiger partial charge in [-0.25, -0.2) is 4.79 Å². The molecule has 0 radical (unpaired) electrons. The fraction of sp³-hybridized carbons (Fsp3) is 0.750. The first-order valence-corrected chi connectivity index (χ1v) is 6.40. The molecule has 2 fully saturated rings. The first-order chi connectivity index (χ1) is 8.91. The van der Waals surface area contributed by atoms with Crippen LogP contribution >= 0.6 is 0 Å². The van der Waals surface area contributed by atoms with Crippen LogP contribution in [-0.2, 0) is 14.4 Å². The van der Waals surface area contributed by atoms with Crippen LogP contribution in [0.3, 0.4) is 0 Å². The molecule has 0 bridgehead atoms. The minimum absolute atomic E-state index is 0.136. The lowest BCUT2D eigenvalue weighted by atomic mass is 10.1. The molecule has 0 aromatic heterocycles. The number of hydrogen-bond donors (Lipinski definition) is 2. The number of aliphatic carboxylic acids is 1. The highest BCUT2D eigenvalue weighted by atomic mass is 16.4. The zero-order valence-corrected chi connectivity index (χ0v) is 10.8. The first kappa shape index (κ1) is 13.8. The second-order valence-electron chi connectivity index (χ2n) is 5.10. The molecule has 1 unspecified atom stereocenters. The number of rotatable bonds is 2. The summed E-state index contributed by atoms with van der Waals surface area (Å²) in [5, 5.41) is 18.7. The van der Waals surface area contributed by atoms with Crippen molar-refractivity contribution in [3.05, 3.63) is 0 Å². The van der Waals surface area contributed by atoms with E-state index in [1.807, 2.05) is 0 Å². The van der Waals surface area contributed by atoms with E-state index in [9.17, 15) is 19.5 Å². The maximum atomic E-state index is 12.4. The number of aliphatic hydroxyl groups excluding tert-OH is 1. The molecule has 2 aliphatic heterocycles. The lowest BCUT2D eigenvalue weighted by Crippen LogP contribution is -2.50. The molecule has 2 amide bonds. The van der Waals surface area contributed by atoms with E-state index in [1.54, 1.807) is 0 Å². The topological polar surface area (TPSA) is 98.2 Å². The number of nitrogens with zero attached hydrogens (tertiary/aromatic N) is 2. The maximum absolute atomic E-state index is 12.4. The van der Waals surface area contributed by atoms with E-state index in [-0.39, 0.29) is 24.8 Å². The van der Waals surface area contributed by atoms with Crippen LogP contribution in [0, 0.1) is 0 Å². The Morgan fingerprint density at radius 3 is 2.42 bits per heavy atom. The quantitative estimate of drug-likeness (QED) is 0.673. The van der Waals surface area contributed by atoms with Gasteiger partial charge < -0.3 is 20.0 Å². The molecular formula is C12H18N2O5. The van der Waals surface area contributed by atoms with Crippen LogP contribution in [0.4, 0.5) is 0 Å². The van der Waals surface area contributed by atoms with E-state index < -0.39 is 24.2 Å². The molecule has 0 aliphatic carbocycles. The minimum atomic E-state index is -1.02. The summed E-state index contributed by atoms with van der Waals surface area (Å²) in [6, 6.07) is -1.54. The summed E-state index contributed by atoms with van der Waals surface area (Å²) in [6.07, 6.45) is 0.555. The van der Waals surface area contributed by atoms with Crippen molar-refractivity contribution in [2.75, 3.05) is 13.1 Å². The second kappa shape index (κ2) is 5.16. The van der Waals surface area contributed by atoms with Crippen molar-refractivity contribution >= 4 is 17.8 Å². The molecule has 0 spiro atoms. The molecule has 2 aliphatic rings. The van der Waals surface area contributed by atoms with Crippen molar-refractivity contribution < 1.29 is 24.6 Å². The Labute approximate surface area is 110 Å². The molecule has 7 nitrogen and oxygen atoms in total. The third kappa shape index (κ3) is 2.56. The highest BCUT2D eigenvalue weighted by Gasteiger charge is 2.43. The number of likely N-dealkylation sites (tertiary alicyclic amines) is 2. The number of carboxylic acids is 1. The zero-order chi connectivity index (χ0) is 14.2. The molecule has 2 saturated heterocycles. The van der Waals surface area contributed by atoms with Gasteiger partial charge in [0.15, 0.2) is 0 Å². The molecule has 3 atom stereocenters. The zero-order valence-electron chi connectivity index (χ0n) is 10.8. The Kier molecular flexibility index (Phi) is 3.75. The Bertz CT molecular complexity index is 411. The van der Waals surface area contributed by atoms with Gasteiger partial charge in [0, 0.05) is 26.4 Å². The lowest BCUT2D eigenvalue weighted by molar-refractivity contribution is -0.151. The molecule has 106 valence electrons. The summed E-state index contributed by atoms with van der Waals surface area (Å²) in [5.41, 5.74) is 0. The molecule has 7 heteroatoms. The van der Waals surface area contributed by atoms with Crippen LogP contribution in [0.15, 0.2) is 0 Å². The number of aliphatic hydroxyl groups is 1. The fourth-order valence-corrected chi connectivity index (χ4v) is 2.87. The van der Waals surface area contributed by atoms with Gasteiger partial charge in [0.25, 0.3) is 0 Å². The van der Waals surface area contributed by atoms with Gasteiger partial charge in [0.2, 0.25) is 11.8 Å². The molecule has 0 aromatic rings. The van der Waals surface area contributed by atoms with E-state index in [0.717, 1.165) is 0 Å². The maximum Gasteiger partial charge on any atom is 0.326 e. The molecule has 19 heavy (non-hydrogen) atoms. The van der Waals surface area contributed by atoms with Crippen LogP contribution in [-0.4, -0.2) is 69.1 Å². The summed E-state index contributed by atoms with van der Waals surface area (Å²) < 4.78 is 0. The van der Waals surface area contributed by atoms with Crippen molar-refractivity contribution in [1.82, 2.24) is 9.80 Å². The third-order valence-corrected chi connectivity index (χ3v) is 3.79. The fourth-order valence-electron chi connectivity index (χ4n) is 2.87. The van der Waals surface area contributed by atoms with Gasteiger partial charge in [0.05, 0.1) is 6.10 Å². The molecule has 2 N–H and O–H groups in total. The Balaban J connectivity index is 2.14. The van der Waals surface area contributed by atoms with Crippen LogP contribution in [0.25, 0.3) is 0 Å². The summed E-state index contributed by atoms with van der Waals surface area (Å²) in [4.78, 5) is 37.6. The van der Waals surface area contributed by atoms with Gasteiger partial charge in [-0.05, 0) is 12.8 Å². The molecule has 2 rings (SSSR count). The summed E-state index contributed by atoms with van der Waals surface area (Å²) >= 11 is 0.